The number of nitrogens with zero attached hydrogens (tertiary/aromatic N) is 1. The third-order valence-electron chi connectivity index (χ3n) is 5.52. The summed E-state index contributed by atoms with van der Waals surface area (Å²) in [6.45, 7) is 10.8. The van der Waals surface area contributed by atoms with E-state index >= 15 is 0 Å². The number of amides is 1. The van der Waals surface area contributed by atoms with Crippen LogP contribution in [0.3, 0.4) is 0 Å². The molecule has 29 heavy (non-hydrogen) atoms. The lowest BCUT2D eigenvalue weighted by atomic mass is 9.97. The van der Waals surface area contributed by atoms with Crippen LogP contribution < -0.4 is 9.47 Å². The minimum Gasteiger partial charge on any atom is -0.493 e. The van der Waals surface area contributed by atoms with Crippen LogP contribution in [0.2, 0.25) is 18.1 Å². The number of hydrogen-bond acceptors (Lipinski definition) is 6. The fourth-order valence-corrected chi connectivity index (χ4v) is 3.49. The van der Waals surface area contributed by atoms with Crippen molar-refractivity contribution in [3.63, 3.8) is 0 Å². The maximum atomic E-state index is 12.9. The standard InChI is InChI=1S/C21H35NO6Si/c1-21(2,3)29(8,9)28-14-16(20(24)22(4)27-7)12-17(23)15-10-11-18(25-5)19(13-15)26-6/h10-11,13,16H,12,14H2,1-9H3. The van der Waals surface area contributed by atoms with Crippen molar-refractivity contribution in [3.8, 4) is 11.5 Å². The number of hydrogen-bond donors (Lipinski definition) is 0. The van der Waals surface area contributed by atoms with Crippen molar-refractivity contribution < 1.29 is 28.3 Å². The van der Waals surface area contributed by atoms with E-state index in [4.69, 9.17) is 18.7 Å². The molecule has 1 aromatic rings. The zero-order chi connectivity index (χ0) is 22.4. The summed E-state index contributed by atoms with van der Waals surface area (Å²) in [5.74, 6) is -0.104. The van der Waals surface area contributed by atoms with Crippen LogP contribution in [0, 0.1) is 5.92 Å². The van der Waals surface area contributed by atoms with Gasteiger partial charge in [-0.25, -0.2) is 5.06 Å². The van der Waals surface area contributed by atoms with Crippen molar-refractivity contribution in [2.45, 2.75) is 45.3 Å². The second kappa shape index (κ2) is 10.2. The van der Waals surface area contributed by atoms with Crippen LogP contribution >= 0.6 is 0 Å². The topological polar surface area (TPSA) is 74.3 Å². The highest BCUT2D eigenvalue weighted by atomic mass is 28.4. The predicted octanol–water partition coefficient (Wildman–Crippen LogP) is 3.93. The Balaban J connectivity index is 3.05. The van der Waals surface area contributed by atoms with E-state index in [0.717, 1.165) is 5.06 Å². The lowest BCUT2D eigenvalue weighted by molar-refractivity contribution is -0.174. The summed E-state index contributed by atoms with van der Waals surface area (Å²) in [5, 5.41) is 1.14. The quantitative estimate of drug-likeness (QED) is 0.321. The Kier molecular flexibility index (Phi) is 8.86. The Hall–Kier alpha value is -1.90. The van der Waals surface area contributed by atoms with Crippen LogP contribution in [0.15, 0.2) is 18.2 Å². The van der Waals surface area contributed by atoms with E-state index in [-0.39, 0.29) is 29.8 Å². The molecule has 0 bridgehead atoms. The van der Waals surface area contributed by atoms with Gasteiger partial charge in [-0.2, -0.15) is 0 Å². The van der Waals surface area contributed by atoms with Gasteiger partial charge in [-0.3, -0.25) is 14.4 Å². The molecule has 0 aliphatic carbocycles. The van der Waals surface area contributed by atoms with Gasteiger partial charge in [0.1, 0.15) is 0 Å². The molecule has 1 amide bonds. The van der Waals surface area contributed by atoms with Crippen molar-refractivity contribution in [1.29, 1.82) is 0 Å². The van der Waals surface area contributed by atoms with Crippen molar-refractivity contribution in [1.82, 2.24) is 5.06 Å². The number of ether oxygens (including phenoxy) is 2. The maximum absolute atomic E-state index is 12.9. The molecule has 8 heteroatoms. The van der Waals surface area contributed by atoms with Crippen molar-refractivity contribution in [2.24, 2.45) is 5.92 Å². The molecule has 0 spiro atoms. The van der Waals surface area contributed by atoms with Gasteiger partial charge >= 0.3 is 0 Å². The highest BCUT2D eigenvalue weighted by Crippen LogP contribution is 2.37. The molecule has 0 radical (unpaired) electrons. The highest BCUT2D eigenvalue weighted by Gasteiger charge is 2.39. The summed E-state index contributed by atoms with van der Waals surface area (Å²) >= 11 is 0. The van der Waals surface area contributed by atoms with Crippen LogP contribution in [-0.2, 0) is 14.1 Å². The van der Waals surface area contributed by atoms with Gasteiger partial charge < -0.3 is 13.9 Å². The van der Waals surface area contributed by atoms with Crippen LogP contribution in [-0.4, -0.2) is 60.1 Å². The average molecular weight is 426 g/mol. The van der Waals surface area contributed by atoms with Crippen molar-refractivity contribution in [3.05, 3.63) is 23.8 Å². The van der Waals surface area contributed by atoms with Gasteiger partial charge in [-0.1, -0.05) is 20.8 Å². The molecule has 0 heterocycles. The molecule has 164 valence electrons. The van der Waals surface area contributed by atoms with Crippen LogP contribution in [0.1, 0.15) is 37.6 Å². The monoisotopic (exact) mass is 425 g/mol. The normalized spacial score (nSPS) is 13.0. The Labute approximate surface area is 175 Å². The van der Waals surface area contributed by atoms with Gasteiger partial charge in [0.25, 0.3) is 5.91 Å². The molecule has 0 aromatic heterocycles. The van der Waals surface area contributed by atoms with Gasteiger partial charge in [0, 0.05) is 25.6 Å². The molecule has 0 aliphatic heterocycles. The first kappa shape index (κ1) is 25.1. The Morgan fingerprint density at radius 3 is 2.14 bits per heavy atom. The molecular formula is C21H35NO6Si. The van der Waals surface area contributed by atoms with Gasteiger partial charge in [-0.05, 0) is 36.3 Å². The van der Waals surface area contributed by atoms with E-state index in [2.05, 4.69) is 33.9 Å². The zero-order valence-electron chi connectivity index (χ0n) is 19.1. The van der Waals surface area contributed by atoms with Crippen LogP contribution in [0.5, 0.6) is 11.5 Å². The first-order valence-electron chi connectivity index (χ1n) is 9.58. The fourth-order valence-electron chi connectivity index (χ4n) is 2.44. The SMILES string of the molecule is COc1ccc(C(=O)CC(CO[Si](C)(C)C(C)(C)C)C(=O)N(C)OC)cc1OC. The summed E-state index contributed by atoms with van der Waals surface area (Å²) in [6, 6.07) is 4.97. The highest BCUT2D eigenvalue weighted by molar-refractivity contribution is 6.74. The van der Waals surface area contributed by atoms with E-state index in [1.165, 1.54) is 28.4 Å². The van der Waals surface area contributed by atoms with E-state index in [1.807, 2.05) is 0 Å². The summed E-state index contributed by atoms with van der Waals surface area (Å²) in [7, 11) is 3.92. The molecule has 0 aliphatic rings. The summed E-state index contributed by atoms with van der Waals surface area (Å²) in [6.07, 6.45) is 0.0106. The van der Waals surface area contributed by atoms with Crippen LogP contribution in [0.4, 0.5) is 0 Å². The van der Waals surface area contributed by atoms with E-state index in [9.17, 15) is 9.59 Å². The molecule has 1 atom stereocenters. The number of carbonyl (C=O) groups excluding carboxylic acids is 2. The van der Waals surface area contributed by atoms with Crippen molar-refractivity contribution in [2.75, 3.05) is 35.0 Å². The second-order valence-corrected chi connectivity index (χ2v) is 13.3. The van der Waals surface area contributed by atoms with E-state index < -0.39 is 14.2 Å². The number of carbonyl (C=O) groups is 2. The molecule has 1 rings (SSSR count). The Bertz CT molecular complexity index is 714. The van der Waals surface area contributed by atoms with Gasteiger partial charge in [-0.15, -0.1) is 0 Å². The molecule has 0 saturated heterocycles. The number of benzene rings is 1. The third-order valence-corrected chi connectivity index (χ3v) is 10.0. The second-order valence-electron chi connectivity index (χ2n) is 8.48. The van der Waals surface area contributed by atoms with Gasteiger partial charge in [0.05, 0.1) is 27.2 Å². The number of rotatable bonds is 10. The minimum atomic E-state index is -2.08. The first-order valence-corrected chi connectivity index (χ1v) is 12.5. The van der Waals surface area contributed by atoms with Crippen molar-refractivity contribution >= 4 is 20.0 Å². The molecule has 7 nitrogen and oxygen atoms in total. The number of Topliss-reactive ketones (excluding diaryl/α,β-unsaturated/α-hetero) is 1. The van der Waals surface area contributed by atoms with Crippen LogP contribution in [0.25, 0.3) is 0 Å². The maximum Gasteiger partial charge on any atom is 0.251 e. The lowest BCUT2D eigenvalue weighted by Gasteiger charge is -2.37. The first-order chi connectivity index (χ1) is 13.4. The zero-order valence-corrected chi connectivity index (χ0v) is 20.1. The molecule has 1 unspecified atom stereocenters. The Morgan fingerprint density at radius 1 is 1.07 bits per heavy atom. The Morgan fingerprint density at radius 2 is 1.66 bits per heavy atom. The molecule has 0 fully saturated rings. The largest absolute Gasteiger partial charge is 0.493 e. The number of ketones is 1. The van der Waals surface area contributed by atoms with E-state index in [0.29, 0.717) is 17.1 Å². The third kappa shape index (κ3) is 6.55. The van der Waals surface area contributed by atoms with E-state index in [1.54, 1.807) is 18.2 Å². The average Bonchev–Trinajstić information content (AvgIpc) is 2.68. The minimum absolute atomic E-state index is 0.00111. The fraction of sp³-hybridized carbons (Fsp3) is 0.619. The summed E-state index contributed by atoms with van der Waals surface area (Å²) in [5.41, 5.74) is 0.452. The summed E-state index contributed by atoms with van der Waals surface area (Å²) in [4.78, 5) is 30.7. The predicted molar refractivity (Wildman–Crippen MR) is 115 cm³/mol. The molecule has 0 saturated carbocycles. The summed E-state index contributed by atoms with van der Waals surface area (Å²) < 4.78 is 16.7. The lowest BCUT2D eigenvalue weighted by Crippen LogP contribution is -2.44. The number of hydroxylamine groups is 2. The number of methoxy groups -OCH3 is 2. The molecule has 1 aromatic carbocycles. The van der Waals surface area contributed by atoms with Gasteiger partial charge in [0.2, 0.25) is 0 Å². The van der Waals surface area contributed by atoms with Gasteiger partial charge in [0.15, 0.2) is 25.6 Å². The smallest absolute Gasteiger partial charge is 0.251 e. The molecular weight excluding hydrogens is 390 g/mol. The molecule has 0 N–H and O–H groups in total.